The number of ether oxygens (including phenoxy) is 3. The first kappa shape index (κ1) is 23.7. The van der Waals surface area contributed by atoms with E-state index in [1.807, 2.05) is 0 Å². The fraction of sp³-hybridized carbons (Fsp3) is 0.609. The maximum Gasteiger partial charge on any atom is 0.411 e. The van der Waals surface area contributed by atoms with Crippen LogP contribution in [0, 0.1) is 5.92 Å². The minimum Gasteiger partial charge on any atom is -0.465 e. The van der Waals surface area contributed by atoms with Crippen LogP contribution in [-0.2, 0) is 19.0 Å². The van der Waals surface area contributed by atoms with Crippen molar-refractivity contribution in [3.05, 3.63) is 35.9 Å². The van der Waals surface area contributed by atoms with E-state index < -0.39 is 29.4 Å². The predicted molar refractivity (Wildman–Crippen MR) is 112 cm³/mol. The molecule has 1 aliphatic carbocycles. The van der Waals surface area contributed by atoms with Crippen molar-refractivity contribution in [3.8, 4) is 0 Å². The smallest absolute Gasteiger partial charge is 0.411 e. The molecule has 0 bridgehead atoms. The molecule has 1 aromatic carbocycles. The first-order valence-corrected chi connectivity index (χ1v) is 10.5. The molecule has 2 rings (SSSR count). The SMILES string of the molecule is COC(=O)[C@@](CCC1CCCCC1)(NC(=O)OC(C)(C)C)OC(=O)c1ccccc1. The Morgan fingerprint density at radius 1 is 1.00 bits per heavy atom. The molecule has 166 valence electrons. The Kier molecular flexibility index (Phi) is 8.26. The molecule has 30 heavy (non-hydrogen) atoms. The zero-order chi connectivity index (χ0) is 22.2. The largest absolute Gasteiger partial charge is 0.465 e. The fourth-order valence-corrected chi connectivity index (χ4v) is 3.64. The Morgan fingerprint density at radius 2 is 1.63 bits per heavy atom. The van der Waals surface area contributed by atoms with Crippen LogP contribution in [0.15, 0.2) is 30.3 Å². The number of rotatable bonds is 7. The van der Waals surface area contributed by atoms with Crippen LogP contribution in [0.5, 0.6) is 0 Å². The summed E-state index contributed by atoms with van der Waals surface area (Å²) in [5.41, 5.74) is -2.46. The summed E-state index contributed by atoms with van der Waals surface area (Å²) in [7, 11) is 1.20. The first-order chi connectivity index (χ1) is 14.1. The van der Waals surface area contributed by atoms with Crippen LogP contribution in [0.25, 0.3) is 0 Å². The molecule has 1 fully saturated rings. The lowest BCUT2D eigenvalue weighted by atomic mass is 9.84. The summed E-state index contributed by atoms with van der Waals surface area (Å²) in [5, 5.41) is 2.50. The van der Waals surface area contributed by atoms with Gasteiger partial charge in [-0.05, 0) is 45.2 Å². The van der Waals surface area contributed by atoms with Crippen molar-refractivity contribution in [2.24, 2.45) is 5.92 Å². The molecule has 1 aromatic rings. The maximum absolute atomic E-state index is 12.8. The van der Waals surface area contributed by atoms with Gasteiger partial charge in [-0.2, -0.15) is 0 Å². The Hall–Kier alpha value is -2.57. The summed E-state index contributed by atoms with van der Waals surface area (Å²) in [6, 6.07) is 8.32. The second-order valence-corrected chi connectivity index (χ2v) is 8.74. The summed E-state index contributed by atoms with van der Waals surface area (Å²) in [6.07, 6.45) is 5.47. The molecule has 1 N–H and O–H groups in total. The first-order valence-electron chi connectivity index (χ1n) is 10.5. The van der Waals surface area contributed by atoms with E-state index in [2.05, 4.69) is 5.32 Å². The Bertz CT molecular complexity index is 721. The normalized spacial score (nSPS) is 16.8. The van der Waals surface area contributed by atoms with Gasteiger partial charge < -0.3 is 14.2 Å². The molecule has 1 amide bonds. The Balaban J connectivity index is 2.28. The van der Waals surface area contributed by atoms with Gasteiger partial charge in [-0.25, -0.2) is 14.4 Å². The van der Waals surface area contributed by atoms with E-state index in [4.69, 9.17) is 14.2 Å². The lowest BCUT2D eigenvalue weighted by molar-refractivity contribution is -0.168. The van der Waals surface area contributed by atoms with Crippen molar-refractivity contribution >= 4 is 18.0 Å². The summed E-state index contributed by atoms with van der Waals surface area (Å²) >= 11 is 0. The lowest BCUT2D eigenvalue weighted by Crippen LogP contribution is -2.59. The predicted octanol–water partition coefficient (Wildman–Crippen LogP) is 4.60. The fourth-order valence-electron chi connectivity index (χ4n) is 3.64. The van der Waals surface area contributed by atoms with E-state index in [0.717, 1.165) is 25.7 Å². The van der Waals surface area contributed by atoms with E-state index >= 15 is 0 Å². The van der Waals surface area contributed by atoms with Gasteiger partial charge in [0.2, 0.25) is 0 Å². The van der Waals surface area contributed by atoms with Gasteiger partial charge in [0.15, 0.2) is 0 Å². The van der Waals surface area contributed by atoms with Gasteiger partial charge in [0.1, 0.15) is 5.60 Å². The number of methoxy groups -OCH3 is 1. The van der Waals surface area contributed by atoms with Crippen molar-refractivity contribution in [1.82, 2.24) is 5.32 Å². The number of nitrogens with one attached hydrogen (secondary N) is 1. The number of benzene rings is 1. The molecule has 7 nitrogen and oxygen atoms in total. The standard InChI is InChI=1S/C23H33NO6/c1-22(2,3)30-21(27)24-23(20(26)28-4,16-15-17-11-7-5-8-12-17)29-19(25)18-13-9-6-10-14-18/h6,9-10,13-14,17H,5,7-8,11-12,15-16H2,1-4H3,(H,24,27)/t23-/m0/s1. The van der Waals surface area contributed by atoms with E-state index in [1.54, 1.807) is 51.1 Å². The minimum atomic E-state index is -1.96. The zero-order valence-electron chi connectivity index (χ0n) is 18.4. The third kappa shape index (κ3) is 7.04. The van der Waals surface area contributed by atoms with Crippen LogP contribution in [0.1, 0.15) is 76.1 Å². The summed E-state index contributed by atoms with van der Waals surface area (Å²) in [6.45, 7) is 5.14. The molecule has 7 heteroatoms. The molecule has 0 spiro atoms. The average molecular weight is 420 g/mol. The van der Waals surface area contributed by atoms with Gasteiger partial charge in [0.05, 0.1) is 12.7 Å². The monoisotopic (exact) mass is 419 g/mol. The van der Waals surface area contributed by atoms with Crippen molar-refractivity contribution in [2.45, 2.75) is 77.0 Å². The number of hydrogen-bond acceptors (Lipinski definition) is 6. The average Bonchev–Trinajstić information content (AvgIpc) is 2.71. The molecule has 1 atom stereocenters. The van der Waals surface area contributed by atoms with E-state index in [0.29, 0.717) is 12.3 Å². The third-order valence-electron chi connectivity index (χ3n) is 5.12. The maximum atomic E-state index is 12.8. The number of alkyl carbamates (subject to hydrolysis) is 1. The van der Waals surface area contributed by atoms with E-state index in [-0.39, 0.29) is 12.0 Å². The van der Waals surface area contributed by atoms with E-state index in [9.17, 15) is 14.4 Å². The second-order valence-electron chi connectivity index (χ2n) is 8.74. The zero-order valence-corrected chi connectivity index (χ0v) is 18.4. The second kappa shape index (κ2) is 10.5. The molecule has 0 heterocycles. The summed E-state index contributed by atoms with van der Waals surface area (Å²) in [5.74, 6) is -1.16. The Labute approximate surface area is 178 Å². The van der Waals surface area contributed by atoms with Crippen molar-refractivity contribution < 1.29 is 28.6 Å². The van der Waals surface area contributed by atoms with Gasteiger partial charge in [-0.15, -0.1) is 0 Å². The highest BCUT2D eigenvalue weighted by atomic mass is 16.6. The van der Waals surface area contributed by atoms with Gasteiger partial charge in [-0.3, -0.25) is 5.32 Å². The highest BCUT2D eigenvalue weighted by molar-refractivity contribution is 5.93. The molecule has 0 saturated heterocycles. The van der Waals surface area contributed by atoms with Gasteiger partial charge >= 0.3 is 18.0 Å². The molecular formula is C23H33NO6. The van der Waals surface area contributed by atoms with Gasteiger partial charge in [0, 0.05) is 6.42 Å². The molecular weight excluding hydrogens is 386 g/mol. The number of carbonyl (C=O) groups is 3. The number of carbonyl (C=O) groups excluding carboxylic acids is 3. The van der Waals surface area contributed by atoms with E-state index in [1.165, 1.54) is 13.5 Å². The molecule has 0 unspecified atom stereocenters. The highest BCUT2D eigenvalue weighted by Gasteiger charge is 2.47. The van der Waals surface area contributed by atoms with Gasteiger partial charge in [-0.1, -0.05) is 50.3 Å². The van der Waals surface area contributed by atoms with Crippen LogP contribution < -0.4 is 5.32 Å². The molecule has 0 radical (unpaired) electrons. The summed E-state index contributed by atoms with van der Waals surface area (Å²) < 4.78 is 15.9. The third-order valence-corrected chi connectivity index (χ3v) is 5.12. The molecule has 0 aliphatic heterocycles. The topological polar surface area (TPSA) is 90.9 Å². The summed E-state index contributed by atoms with van der Waals surface area (Å²) in [4.78, 5) is 38.1. The number of hydrogen-bond donors (Lipinski definition) is 1. The molecule has 1 aliphatic rings. The van der Waals surface area contributed by atoms with Crippen molar-refractivity contribution in [1.29, 1.82) is 0 Å². The van der Waals surface area contributed by atoms with Crippen molar-refractivity contribution in [3.63, 3.8) is 0 Å². The minimum absolute atomic E-state index is 0.113. The van der Waals surface area contributed by atoms with Crippen LogP contribution in [0.3, 0.4) is 0 Å². The van der Waals surface area contributed by atoms with Gasteiger partial charge in [0.25, 0.3) is 5.72 Å². The highest BCUT2D eigenvalue weighted by Crippen LogP contribution is 2.31. The number of amides is 1. The lowest BCUT2D eigenvalue weighted by Gasteiger charge is -2.34. The van der Waals surface area contributed by atoms with Crippen molar-refractivity contribution in [2.75, 3.05) is 7.11 Å². The van der Waals surface area contributed by atoms with Crippen LogP contribution in [-0.4, -0.2) is 36.5 Å². The molecule has 0 aromatic heterocycles. The van der Waals surface area contributed by atoms with Crippen LogP contribution in [0.2, 0.25) is 0 Å². The molecule has 1 saturated carbocycles. The van der Waals surface area contributed by atoms with Crippen LogP contribution >= 0.6 is 0 Å². The quantitative estimate of drug-likeness (QED) is 0.395. The number of esters is 2. The van der Waals surface area contributed by atoms with Crippen LogP contribution in [0.4, 0.5) is 4.79 Å². The Morgan fingerprint density at radius 3 is 2.20 bits per heavy atom.